The maximum atomic E-state index is 12.0. The predicted molar refractivity (Wildman–Crippen MR) is 70.0 cm³/mol. The first-order valence-electron chi connectivity index (χ1n) is 6.06. The number of nitrogens with one attached hydrogen (secondary N) is 1. The number of hydrogen-bond acceptors (Lipinski definition) is 3. The minimum atomic E-state index is -0.245. The Morgan fingerprint density at radius 2 is 2.06 bits per heavy atom. The van der Waals surface area contributed by atoms with Gasteiger partial charge in [0, 0.05) is 19.3 Å². The predicted octanol–water partition coefficient (Wildman–Crippen LogP) is 2.06. The number of aromatic nitrogens is 1. The maximum absolute atomic E-state index is 12.0. The quantitative estimate of drug-likeness (QED) is 0.849. The molecule has 0 saturated heterocycles. The fraction of sp³-hybridized carbons (Fsp3) is 0.538. The van der Waals surface area contributed by atoms with Crippen molar-refractivity contribution in [2.24, 2.45) is 0 Å². The molecular formula is C13H21N3O. The maximum Gasteiger partial charge on any atom is 0.244 e. The van der Waals surface area contributed by atoms with Gasteiger partial charge in [-0.1, -0.05) is 6.07 Å². The first-order valence-corrected chi connectivity index (χ1v) is 6.06. The molecule has 0 aromatic carbocycles. The largest absolute Gasteiger partial charge is 0.359 e. The monoisotopic (exact) mass is 235 g/mol. The lowest BCUT2D eigenvalue weighted by molar-refractivity contribution is -0.131. The summed E-state index contributed by atoms with van der Waals surface area (Å²) in [5.41, 5.74) is 1.11. The van der Waals surface area contributed by atoms with Crippen LogP contribution in [0.5, 0.6) is 0 Å². The van der Waals surface area contributed by atoms with E-state index in [1.807, 2.05) is 44.7 Å². The van der Waals surface area contributed by atoms with E-state index < -0.39 is 0 Å². The summed E-state index contributed by atoms with van der Waals surface area (Å²) in [5, 5.41) is 3.12. The summed E-state index contributed by atoms with van der Waals surface area (Å²) in [6.45, 7) is 9.30. The molecule has 1 N–H and O–H groups in total. The first-order chi connectivity index (χ1) is 8.08. The van der Waals surface area contributed by atoms with Gasteiger partial charge in [-0.05, 0) is 39.3 Å². The molecule has 4 nitrogen and oxygen atoms in total. The Hall–Kier alpha value is -1.58. The Bertz CT molecular complexity index is 357. The zero-order valence-corrected chi connectivity index (χ0v) is 11.0. The molecule has 1 aromatic rings. The molecule has 0 aliphatic carbocycles. The number of aryl methyl sites for hydroxylation is 1. The molecule has 4 heteroatoms. The lowest BCUT2D eigenvalue weighted by Gasteiger charge is -2.23. The number of anilines is 1. The van der Waals surface area contributed by atoms with Crippen LogP contribution in [0.2, 0.25) is 0 Å². The Balaban J connectivity index is 2.62. The van der Waals surface area contributed by atoms with Crippen molar-refractivity contribution in [2.75, 3.05) is 18.4 Å². The Labute approximate surface area is 103 Å². The van der Waals surface area contributed by atoms with E-state index >= 15 is 0 Å². The SMILES string of the molecule is CCN(CC)C(=O)C(C)Nc1ccc(C)cn1. The third-order valence-electron chi connectivity index (χ3n) is 2.72. The van der Waals surface area contributed by atoms with Crippen LogP contribution in [0.1, 0.15) is 26.3 Å². The molecule has 17 heavy (non-hydrogen) atoms. The second-order valence-corrected chi connectivity index (χ2v) is 4.10. The summed E-state index contributed by atoms with van der Waals surface area (Å²) in [4.78, 5) is 18.1. The van der Waals surface area contributed by atoms with Crippen LogP contribution in [0, 0.1) is 6.92 Å². The van der Waals surface area contributed by atoms with Gasteiger partial charge >= 0.3 is 0 Å². The summed E-state index contributed by atoms with van der Waals surface area (Å²) in [7, 11) is 0. The van der Waals surface area contributed by atoms with Crippen LogP contribution >= 0.6 is 0 Å². The number of carbonyl (C=O) groups excluding carboxylic acids is 1. The minimum absolute atomic E-state index is 0.109. The number of pyridine rings is 1. The topological polar surface area (TPSA) is 45.2 Å². The van der Waals surface area contributed by atoms with Gasteiger partial charge in [-0.3, -0.25) is 4.79 Å². The lowest BCUT2D eigenvalue weighted by Crippen LogP contribution is -2.41. The van der Waals surface area contributed by atoms with Crippen LogP contribution < -0.4 is 5.32 Å². The van der Waals surface area contributed by atoms with Crippen LogP contribution in [-0.4, -0.2) is 34.9 Å². The molecule has 0 spiro atoms. The second kappa shape index (κ2) is 6.23. The highest BCUT2D eigenvalue weighted by molar-refractivity contribution is 5.83. The number of nitrogens with zero attached hydrogens (tertiary/aromatic N) is 2. The third kappa shape index (κ3) is 3.73. The number of amides is 1. The molecule has 1 heterocycles. The van der Waals surface area contributed by atoms with Gasteiger partial charge in [-0.15, -0.1) is 0 Å². The molecule has 0 radical (unpaired) electrons. The second-order valence-electron chi connectivity index (χ2n) is 4.10. The van der Waals surface area contributed by atoms with Crippen LogP contribution in [0.15, 0.2) is 18.3 Å². The van der Waals surface area contributed by atoms with Gasteiger partial charge in [-0.2, -0.15) is 0 Å². The molecule has 0 aliphatic heterocycles. The number of rotatable bonds is 5. The molecule has 1 amide bonds. The van der Waals surface area contributed by atoms with E-state index in [9.17, 15) is 4.79 Å². The summed E-state index contributed by atoms with van der Waals surface area (Å²) in [5.74, 6) is 0.848. The smallest absolute Gasteiger partial charge is 0.244 e. The van der Waals surface area contributed by atoms with Crippen molar-refractivity contribution in [1.29, 1.82) is 0 Å². The molecule has 0 fully saturated rings. The van der Waals surface area contributed by atoms with Crippen molar-refractivity contribution >= 4 is 11.7 Å². The van der Waals surface area contributed by atoms with Crippen LogP contribution in [0.4, 0.5) is 5.82 Å². The van der Waals surface area contributed by atoms with Crippen molar-refractivity contribution in [3.05, 3.63) is 23.9 Å². The first kappa shape index (κ1) is 13.5. The highest BCUT2D eigenvalue weighted by Crippen LogP contribution is 2.07. The van der Waals surface area contributed by atoms with Crippen molar-refractivity contribution < 1.29 is 4.79 Å². The summed E-state index contributed by atoms with van der Waals surface area (Å²) in [6.07, 6.45) is 1.79. The molecule has 1 unspecified atom stereocenters. The van der Waals surface area contributed by atoms with Gasteiger partial charge in [0.1, 0.15) is 11.9 Å². The highest BCUT2D eigenvalue weighted by atomic mass is 16.2. The fourth-order valence-corrected chi connectivity index (χ4v) is 1.65. The van der Waals surface area contributed by atoms with E-state index in [0.717, 1.165) is 24.5 Å². The van der Waals surface area contributed by atoms with Crippen molar-refractivity contribution in [2.45, 2.75) is 33.7 Å². The lowest BCUT2D eigenvalue weighted by atomic mass is 10.2. The van der Waals surface area contributed by atoms with Crippen LogP contribution in [0.25, 0.3) is 0 Å². The van der Waals surface area contributed by atoms with Gasteiger partial charge in [0.25, 0.3) is 0 Å². The van der Waals surface area contributed by atoms with Gasteiger partial charge in [-0.25, -0.2) is 4.98 Å². The summed E-state index contributed by atoms with van der Waals surface area (Å²) < 4.78 is 0. The highest BCUT2D eigenvalue weighted by Gasteiger charge is 2.17. The molecule has 1 atom stereocenters. The van der Waals surface area contributed by atoms with Crippen LogP contribution in [-0.2, 0) is 4.79 Å². The summed E-state index contributed by atoms with van der Waals surface area (Å²) >= 11 is 0. The standard InChI is InChI=1S/C13H21N3O/c1-5-16(6-2)13(17)11(4)15-12-8-7-10(3)9-14-12/h7-9,11H,5-6H2,1-4H3,(H,14,15). The molecule has 0 saturated carbocycles. The minimum Gasteiger partial charge on any atom is -0.359 e. The van der Waals surface area contributed by atoms with Crippen molar-refractivity contribution in [3.63, 3.8) is 0 Å². The van der Waals surface area contributed by atoms with E-state index in [2.05, 4.69) is 10.3 Å². The van der Waals surface area contributed by atoms with E-state index in [-0.39, 0.29) is 11.9 Å². The molecule has 0 bridgehead atoms. The zero-order valence-electron chi connectivity index (χ0n) is 11.0. The molecular weight excluding hydrogens is 214 g/mol. The molecule has 1 aromatic heterocycles. The Morgan fingerprint density at radius 3 is 2.53 bits per heavy atom. The number of carbonyl (C=O) groups is 1. The van der Waals surface area contributed by atoms with E-state index in [4.69, 9.17) is 0 Å². The van der Waals surface area contributed by atoms with Crippen molar-refractivity contribution in [1.82, 2.24) is 9.88 Å². The third-order valence-corrected chi connectivity index (χ3v) is 2.72. The normalized spacial score (nSPS) is 12.0. The Kier molecular flexibility index (Phi) is 4.94. The van der Waals surface area contributed by atoms with Gasteiger partial charge in [0.15, 0.2) is 0 Å². The number of hydrogen-bond donors (Lipinski definition) is 1. The van der Waals surface area contributed by atoms with E-state index in [1.54, 1.807) is 6.20 Å². The summed E-state index contributed by atoms with van der Waals surface area (Å²) in [6, 6.07) is 3.62. The average molecular weight is 235 g/mol. The average Bonchev–Trinajstić information content (AvgIpc) is 2.33. The van der Waals surface area contributed by atoms with Gasteiger partial charge in [0.2, 0.25) is 5.91 Å². The zero-order chi connectivity index (χ0) is 12.8. The van der Waals surface area contributed by atoms with E-state index in [0.29, 0.717) is 0 Å². The number of likely N-dealkylation sites (N-methyl/N-ethyl adjacent to an activating group) is 1. The van der Waals surface area contributed by atoms with Crippen LogP contribution in [0.3, 0.4) is 0 Å². The van der Waals surface area contributed by atoms with Gasteiger partial charge in [0.05, 0.1) is 0 Å². The van der Waals surface area contributed by atoms with Crippen molar-refractivity contribution in [3.8, 4) is 0 Å². The molecule has 94 valence electrons. The fourth-order valence-electron chi connectivity index (χ4n) is 1.65. The molecule has 1 rings (SSSR count). The Morgan fingerprint density at radius 1 is 1.41 bits per heavy atom. The molecule has 0 aliphatic rings. The van der Waals surface area contributed by atoms with Gasteiger partial charge < -0.3 is 10.2 Å². The van der Waals surface area contributed by atoms with E-state index in [1.165, 1.54) is 0 Å².